The highest BCUT2D eigenvalue weighted by atomic mass is 32.2. The molecule has 2 amide bonds. The third kappa shape index (κ3) is 11.2. The zero-order valence-corrected chi connectivity index (χ0v) is 32.3. The number of carbonyl (C=O) groups excluding carboxylic acids is 2. The molecule has 0 aromatic rings. The number of hydrogen-bond acceptors (Lipinski definition) is 23. The Kier molecular flexibility index (Phi) is 16.5. The van der Waals surface area contributed by atoms with Crippen molar-refractivity contribution in [1.29, 1.82) is 0 Å². The number of ether oxygens (including phenoxy) is 7. The van der Waals surface area contributed by atoms with Crippen LogP contribution in [0.5, 0.6) is 0 Å². The zero-order valence-electron chi connectivity index (χ0n) is 31.5. The van der Waals surface area contributed by atoms with Crippen LogP contribution in [0.15, 0.2) is 0 Å². The van der Waals surface area contributed by atoms with E-state index in [1.807, 2.05) is 0 Å². The Labute approximate surface area is 334 Å². The van der Waals surface area contributed by atoms with Crippen LogP contribution in [-0.4, -0.2) is 239 Å². The molecular weight excluding hydrogens is 832 g/mol. The number of hydrogen-bond donors (Lipinski definition) is 15. The van der Waals surface area contributed by atoms with Gasteiger partial charge < -0.3 is 105 Å². The topological polar surface area (TPSA) is 437 Å². The summed E-state index contributed by atoms with van der Waals surface area (Å²) < 4.78 is 73.5. The number of aliphatic hydroxyl groups is 11. The second-order valence-electron chi connectivity index (χ2n) is 14.6. The van der Waals surface area contributed by atoms with E-state index in [1.54, 1.807) is 0 Å². The molecule has 4 rings (SSSR count). The Balaban J connectivity index is 1.77. The van der Waals surface area contributed by atoms with Gasteiger partial charge in [0.2, 0.25) is 11.8 Å². The van der Waals surface area contributed by atoms with Crippen LogP contribution >= 0.6 is 0 Å². The molecule has 21 atom stereocenters. The fourth-order valence-corrected chi connectivity index (χ4v) is 7.87. The lowest BCUT2D eigenvalue weighted by molar-refractivity contribution is -0.388. The Morgan fingerprint density at radius 3 is 1.90 bits per heavy atom. The first-order valence-electron chi connectivity index (χ1n) is 18.1. The van der Waals surface area contributed by atoms with Crippen molar-refractivity contribution >= 4 is 27.9 Å². The van der Waals surface area contributed by atoms with E-state index in [-0.39, 0.29) is 0 Å². The van der Waals surface area contributed by atoms with Gasteiger partial charge in [-0.15, -0.1) is 0 Å². The monoisotopic (exact) mass is 884 g/mol. The summed E-state index contributed by atoms with van der Waals surface area (Å²) >= 11 is 0. The molecule has 0 aromatic carbocycles. The summed E-state index contributed by atoms with van der Waals surface area (Å²) in [5, 5.41) is 132. The predicted octanol–water partition coefficient (Wildman–Crippen LogP) is -9.33. The number of carboxylic acid groups (broad SMARTS) is 1. The van der Waals surface area contributed by atoms with Crippen LogP contribution in [0, 0.1) is 0 Å². The Morgan fingerprint density at radius 2 is 1.36 bits per heavy atom. The third-order valence-electron chi connectivity index (χ3n) is 10.1. The second kappa shape index (κ2) is 19.8. The SMILES string of the molecule is CC(=O)N[C@@H]1[C@@H](O[C@H]2O[C@H](C)[C@H](O)[C@H](O)[C@H]2O)[C@H](O[C@@H]2O[C@H](CO)[C@H](O)[C@H](O[C@]3(C(=O)O)C[C@H](O)[C@@H](NC(C)=O)[C@H]([C@H](O)[C@H](O)CO)O3)[C@H]2O)[C@@H](CS(=O)(=O)O)O[C@H]1O. The number of carboxylic acids is 1. The summed E-state index contributed by atoms with van der Waals surface area (Å²) in [6, 6.07) is -3.46. The molecule has 342 valence electrons. The van der Waals surface area contributed by atoms with Crippen molar-refractivity contribution in [2.24, 2.45) is 0 Å². The molecule has 15 N–H and O–H groups in total. The van der Waals surface area contributed by atoms with E-state index in [1.165, 1.54) is 6.92 Å². The van der Waals surface area contributed by atoms with Crippen LogP contribution < -0.4 is 10.6 Å². The highest BCUT2D eigenvalue weighted by Gasteiger charge is 2.61. The standard InChI is InChI=1S/C31H52N2O25S/c1-8-17(40)20(43)21(44)28(52-8)56-25-16(33-10(3)37)27(46)53-14(7-59(49,50)51)23(25)55-29-22(45)26(19(42)13(6-35)54-29)58-31(30(47)48)4-11(38)15(32-9(2)36)24(57-31)18(41)12(39)5-34/h8,11-29,34-35,38-46H,4-7H2,1-3H3,(H,32,36)(H,33,37)(H,47,48)(H,49,50,51)/t8-,11+,12-,13-,14-,15-,16-,17+,18-,19+,20+,21-,22-,23-,24-,25-,26+,27-,28-,29+,31+/m1/s1. The van der Waals surface area contributed by atoms with Gasteiger partial charge in [-0.2, -0.15) is 8.42 Å². The quantitative estimate of drug-likeness (QED) is 0.0679. The normalized spacial score (nSPS) is 44.3. The summed E-state index contributed by atoms with van der Waals surface area (Å²) in [5.41, 5.74) is 0. The largest absolute Gasteiger partial charge is 0.477 e. The minimum atomic E-state index is -5.08. The molecule has 4 heterocycles. The minimum Gasteiger partial charge on any atom is -0.477 e. The number of carbonyl (C=O) groups is 3. The molecule has 0 radical (unpaired) electrons. The van der Waals surface area contributed by atoms with Gasteiger partial charge in [-0.1, -0.05) is 0 Å². The molecule has 0 aliphatic carbocycles. The van der Waals surface area contributed by atoms with E-state index in [9.17, 15) is 88.6 Å². The van der Waals surface area contributed by atoms with Gasteiger partial charge in [-0.25, -0.2) is 4.79 Å². The van der Waals surface area contributed by atoms with Crippen LogP contribution in [0.1, 0.15) is 27.2 Å². The van der Waals surface area contributed by atoms with Crippen molar-refractivity contribution in [2.45, 2.75) is 155 Å². The maximum atomic E-state index is 12.9. The molecular formula is C31H52N2O25S. The van der Waals surface area contributed by atoms with Gasteiger partial charge in [0.15, 0.2) is 18.9 Å². The summed E-state index contributed by atoms with van der Waals surface area (Å²) in [6.45, 7) is 0.952. The van der Waals surface area contributed by atoms with E-state index in [0.29, 0.717) is 0 Å². The Bertz CT molecular complexity index is 1560. The summed E-state index contributed by atoms with van der Waals surface area (Å²) in [7, 11) is -5.08. The highest BCUT2D eigenvalue weighted by molar-refractivity contribution is 7.85. The van der Waals surface area contributed by atoms with Gasteiger partial charge >= 0.3 is 5.97 Å². The van der Waals surface area contributed by atoms with Gasteiger partial charge in [0.1, 0.15) is 91.1 Å². The highest BCUT2D eigenvalue weighted by Crippen LogP contribution is 2.39. The van der Waals surface area contributed by atoms with Gasteiger partial charge in [0.05, 0.1) is 31.5 Å². The minimum absolute atomic E-state index is 0.819. The fourth-order valence-electron chi connectivity index (χ4n) is 7.19. The van der Waals surface area contributed by atoms with Crippen molar-refractivity contribution in [2.75, 3.05) is 19.0 Å². The second-order valence-corrected chi connectivity index (χ2v) is 16.1. The lowest BCUT2D eigenvalue weighted by atomic mass is 9.88. The Hall–Kier alpha value is -2.40. The van der Waals surface area contributed by atoms with Gasteiger partial charge in [0.25, 0.3) is 15.9 Å². The lowest BCUT2D eigenvalue weighted by Gasteiger charge is -2.51. The van der Waals surface area contributed by atoms with Gasteiger partial charge in [0, 0.05) is 20.3 Å². The molecule has 4 saturated heterocycles. The van der Waals surface area contributed by atoms with Crippen molar-refractivity contribution in [3.8, 4) is 0 Å². The molecule has 0 aromatic heterocycles. The van der Waals surface area contributed by atoms with Crippen LogP contribution in [0.25, 0.3) is 0 Å². The van der Waals surface area contributed by atoms with E-state index < -0.39 is 182 Å². The van der Waals surface area contributed by atoms with Crippen molar-refractivity contribution < 1.29 is 122 Å². The molecule has 59 heavy (non-hydrogen) atoms. The first-order chi connectivity index (χ1) is 27.4. The first-order valence-corrected chi connectivity index (χ1v) is 19.7. The van der Waals surface area contributed by atoms with Crippen LogP contribution in [0.2, 0.25) is 0 Å². The predicted molar refractivity (Wildman–Crippen MR) is 182 cm³/mol. The van der Waals surface area contributed by atoms with E-state index in [0.717, 1.165) is 13.8 Å². The number of aliphatic carboxylic acids is 1. The summed E-state index contributed by atoms with van der Waals surface area (Å²) in [5.74, 6) is -8.40. The number of rotatable bonds is 15. The lowest BCUT2D eigenvalue weighted by Crippen LogP contribution is -2.71. The Morgan fingerprint density at radius 1 is 0.780 bits per heavy atom. The smallest absolute Gasteiger partial charge is 0.364 e. The summed E-state index contributed by atoms with van der Waals surface area (Å²) in [4.78, 5) is 37.1. The molecule has 4 aliphatic rings. The van der Waals surface area contributed by atoms with Crippen LogP contribution in [0.3, 0.4) is 0 Å². The van der Waals surface area contributed by atoms with Crippen LogP contribution in [0.4, 0.5) is 0 Å². The van der Waals surface area contributed by atoms with Crippen molar-refractivity contribution in [1.82, 2.24) is 10.6 Å². The van der Waals surface area contributed by atoms with Gasteiger partial charge in [-0.05, 0) is 6.92 Å². The number of aliphatic hydroxyl groups excluding tert-OH is 11. The average molecular weight is 885 g/mol. The maximum absolute atomic E-state index is 12.9. The summed E-state index contributed by atoms with van der Waals surface area (Å²) in [6.07, 6.45) is -37.9. The molecule has 4 aliphatic heterocycles. The zero-order chi connectivity index (χ0) is 44.5. The molecule has 0 bridgehead atoms. The van der Waals surface area contributed by atoms with Crippen LogP contribution in [-0.2, 0) is 57.7 Å². The molecule has 28 heteroatoms. The maximum Gasteiger partial charge on any atom is 0.364 e. The van der Waals surface area contributed by atoms with Gasteiger partial charge in [-0.3, -0.25) is 14.1 Å². The molecule has 0 unspecified atom stereocenters. The number of nitrogens with one attached hydrogen (secondary N) is 2. The van der Waals surface area contributed by atoms with Crippen molar-refractivity contribution in [3.05, 3.63) is 0 Å². The first kappa shape index (κ1) is 49.3. The van der Waals surface area contributed by atoms with E-state index in [4.69, 9.17) is 33.2 Å². The fraction of sp³-hybridized carbons (Fsp3) is 0.903. The number of amides is 2. The molecule has 4 fully saturated rings. The van der Waals surface area contributed by atoms with E-state index >= 15 is 0 Å². The molecule has 27 nitrogen and oxygen atoms in total. The molecule has 0 saturated carbocycles. The average Bonchev–Trinajstić information content (AvgIpc) is 3.14. The van der Waals surface area contributed by atoms with E-state index in [2.05, 4.69) is 10.6 Å². The third-order valence-corrected chi connectivity index (χ3v) is 10.9. The van der Waals surface area contributed by atoms with Crippen molar-refractivity contribution in [3.63, 3.8) is 0 Å². The molecule has 0 spiro atoms.